The largest absolute Gasteiger partial charge is 0.508 e. The molecule has 2 rings (SSSR count). The van der Waals surface area contributed by atoms with E-state index in [4.69, 9.17) is 4.74 Å². The maximum atomic E-state index is 9.53. The van der Waals surface area contributed by atoms with Crippen LogP contribution in [0.1, 0.15) is 45.7 Å². The number of ether oxygens (including phenoxy) is 1. The minimum atomic E-state index is 0.168. The highest BCUT2D eigenvalue weighted by atomic mass is 16.5. The van der Waals surface area contributed by atoms with Crippen molar-refractivity contribution in [3.05, 3.63) is 29.8 Å². The van der Waals surface area contributed by atoms with Crippen molar-refractivity contribution in [2.24, 2.45) is 5.41 Å². The van der Waals surface area contributed by atoms with E-state index in [9.17, 15) is 5.11 Å². The predicted octanol–water partition coefficient (Wildman–Crippen LogP) is 3.25. The first-order valence-electron chi connectivity index (χ1n) is 7.11. The van der Waals surface area contributed by atoms with E-state index >= 15 is 0 Å². The Balaban J connectivity index is 1.96. The molecule has 1 aliphatic rings. The molecule has 1 aromatic rings. The molecule has 0 saturated heterocycles. The molecule has 106 valence electrons. The monoisotopic (exact) mass is 263 g/mol. The zero-order valence-corrected chi connectivity index (χ0v) is 12.3. The minimum Gasteiger partial charge on any atom is -0.508 e. The number of rotatable bonds is 5. The molecule has 0 amide bonds. The van der Waals surface area contributed by atoms with Gasteiger partial charge in [-0.25, -0.2) is 0 Å². The van der Waals surface area contributed by atoms with Crippen LogP contribution in [0, 0.1) is 5.41 Å². The maximum Gasteiger partial charge on any atom is 0.115 e. The van der Waals surface area contributed by atoms with E-state index in [0.717, 1.165) is 18.6 Å². The van der Waals surface area contributed by atoms with Crippen molar-refractivity contribution >= 4 is 0 Å². The second-order valence-electron chi connectivity index (χ2n) is 6.04. The molecule has 0 bridgehead atoms. The molecule has 0 spiro atoms. The Morgan fingerprint density at radius 2 is 2.21 bits per heavy atom. The third-order valence-electron chi connectivity index (χ3n) is 4.37. The van der Waals surface area contributed by atoms with Gasteiger partial charge in [-0.15, -0.1) is 0 Å². The van der Waals surface area contributed by atoms with Crippen LogP contribution in [0.3, 0.4) is 0 Å². The second kappa shape index (κ2) is 5.51. The molecule has 0 radical (unpaired) electrons. The highest BCUT2D eigenvalue weighted by Gasteiger charge is 2.49. The number of phenols is 1. The Morgan fingerprint density at radius 3 is 2.79 bits per heavy atom. The Hall–Kier alpha value is -1.06. The normalized spacial score (nSPS) is 26.7. The van der Waals surface area contributed by atoms with Crippen molar-refractivity contribution in [2.75, 3.05) is 6.61 Å². The van der Waals surface area contributed by atoms with Gasteiger partial charge >= 0.3 is 0 Å². The Kier molecular flexibility index (Phi) is 4.16. The molecule has 1 fully saturated rings. The quantitative estimate of drug-likeness (QED) is 0.857. The number of hydrogen-bond donors (Lipinski definition) is 2. The van der Waals surface area contributed by atoms with Crippen molar-refractivity contribution in [1.82, 2.24) is 5.32 Å². The number of hydrogen-bond acceptors (Lipinski definition) is 3. The van der Waals surface area contributed by atoms with E-state index in [1.54, 1.807) is 6.07 Å². The SMILES string of the molecule is CCOC1CC(NC(C)c2cccc(O)c2)C1(C)C. The molecule has 0 aliphatic heterocycles. The summed E-state index contributed by atoms with van der Waals surface area (Å²) >= 11 is 0. The molecular formula is C16H25NO2. The Labute approximate surface area is 116 Å². The molecule has 3 unspecified atom stereocenters. The van der Waals surface area contributed by atoms with Crippen LogP contribution < -0.4 is 5.32 Å². The Morgan fingerprint density at radius 1 is 1.47 bits per heavy atom. The summed E-state index contributed by atoms with van der Waals surface area (Å²) in [6.07, 6.45) is 1.41. The molecule has 3 nitrogen and oxygen atoms in total. The molecule has 1 aromatic carbocycles. The highest BCUT2D eigenvalue weighted by molar-refractivity contribution is 5.29. The first-order valence-corrected chi connectivity index (χ1v) is 7.11. The van der Waals surface area contributed by atoms with Gasteiger partial charge in [-0.05, 0) is 38.0 Å². The standard InChI is InChI=1S/C16H25NO2/c1-5-19-15-10-14(16(15,3)4)17-11(2)12-7-6-8-13(18)9-12/h6-9,11,14-15,17-18H,5,10H2,1-4H3. The topological polar surface area (TPSA) is 41.5 Å². The van der Waals surface area contributed by atoms with E-state index in [1.807, 2.05) is 25.1 Å². The zero-order chi connectivity index (χ0) is 14.0. The van der Waals surface area contributed by atoms with Gasteiger partial charge in [0.1, 0.15) is 5.75 Å². The van der Waals surface area contributed by atoms with Gasteiger partial charge in [0, 0.05) is 24.1 Å². The van der Waals surface area contributed by atoms with Crippen LogP contribution in [0.5, 0.6) is 5.75 Å². The first kappa shape index (κ1) is 14.4. The zero-order valence-electron chi connectivity index (χ0n) is 12.3. The number of phenolic OH excluding ortho intramolecular Hbond substituents is 1. The summed E-state index contributed by atoms with van der Waals surface area (Å²) in [4.78, 5) is 0. The maximum absolute atomic E-state index is 9.53. The van der Waals surface area contributed by atoms with Gasteiger partial charge in [0.15, 0.2) is 0 Å². The van der Waals surface area contributed by atoms with Crippen molar-refractivity contribution in [2.45, 2.75) is 52.3 Å². The fraction of sp³-hybridized carbons (Fsp3) is 0.625. The van der Waals surface area contributed by atoms with Gasteiger partial charge in [0.2, 0.25) is 0 Å². The summed E-state index contributed by atoms with van der Waals surface area (Å²) < 4.78 is 5.75. The van der Waals surface area contributed by atoms with Crippen molar-refractivity contribution < 1.29 is 9.84 Å². The first-order chi connectivity index (χ1) is 8.95. The van der Waals surface area contributed by atoms with Crippen LogP contribution in [0.15, 0.2) is 24.3 Å². The average Bonchev–Trinajstić information content (AvgIpc) is 2.37. The smallest absolute Gasteiger partial charge is 0.115 e. The lowest BCUT2D eigenvalue weighted by Gasteiger charge is -2.52. The van der Waals surface area contributed by atoms with Crippen molar-refractivity contribution in [3.8, 4) is 5.75 Å². The summed E-state index contributed by atoms with van der Waals surface area (Å²) in [5.74, 6) is 0.325. The van der Waals surface area contributed by atoms with E-state index < -0.39 is 0 Å². The minimum absolute atomic E-state index is 0.168. The van der Waals surface area contributed by atoms with Crippen LogP contribution in [0.25, 0.3) is 0 Å². The fourth-order valence-corrected chi connectivity index (χ4v) is 2.84. The third-order valence-corrected chi connectivity index (χ3v) is 4.37. The van der Waals surface area contributed by atoms with Gasteiger partial charge in [-0.3, -0.25) is 0 Å². The summed E-state index contributed by atoms with van der Waals surface area (Å²) in [7, 11) is 0. The van der Waals surface area contributed by atoms with Gasteiger partial charge in [-0.1, -0.05) is 26.0 Å². The molecule has 0 heterocycles. The van der Waals surface area contributed by atoms with E-state index in [1.165, 1.54) is 0 Å². The third kappa shape index (κ3) is 2.93. The Bertz CT molecular complexity index is 431. The summed E-state index contributed by atoms with van der Waals surface area (Å²) in [5, 5.41) is 13.2. The summed E-state index contributed by atoms with van der Waals surface area (Å²) in [5.41, 5.74) is 1.29. The molecule has 0 aromatic heterocycles. The highest BCUT2D eigenvalue weighted by Crippen LogP contribution is 2.43. The summed E-state index contributed by atoms with van der Waals surface area (Å²) in [6, 6.07) is 8.15. The van der Waals surface area contributed by atoms with Crippen LogP contribution in [-0.4, -0.2) is 23.9 Å². The van der Waals surface area contributed by atoms with Gasteiger partial charge in [0.25, 0.3) is 0 Å². The number of nitrogens with one attached hydrogen (secondary N) is 1. The summed E-state index contributed by atoms with van der Waals surface area (Å²) in [6.45, 7) is 9.47. The second-order valence-corrected chi connectivity index (χ2v) is 6.04. The molecule has 3 heteroatoms. The molecule has 3 atom stereocenters. The lowest BCUT2D eigenvalue weighted by atomic mass is 9.64. The van der Waals surface area contributed by atoms with Gasteiger partial charge in [0.05, 0.1) is 6.10 Å². The lowest BCUT2D eigenvalue weighted by Crippen LogP contribution is -2.61. The fourth-order valence-electron chi connectivity index (χ4n) is 2.84. The molecule has 1 saturated carbocycles. The average molecular weight is 263 g/mol. The van der Waals surface area contributed by atoms with Crippen molar-refractivity contribution in [1.29, 1.82) is 0 Å². The van der Waals surface area contributed by atoms with Gasteiger partial charge < -0.3 is 15.2 Å². The van der Waals surface area contributed by atoms with Crippen molar-refractivity contribution in [3.63, 3.8) is 0 Å². The van der Waals surface area contributed by atoms with Crippen LogP contribution in [0.2, 0.25) is 0 Å². The van der Waals surface area contributed by atoms with E-state index in [0.29, 0.717) is 17.9 Å². The molecule has 19 heavy (non-hydrogen) atoms. The molecule has 2 N–H and O–H groups in total. The molecular weight excluding hydrogens is 238 g/mol. The van der Waals surface area contributed by atoms with Crippen LogP contribution in [0.4, 0.5) is 0 Å². The predicted molar refractivity (Wildman–Crippen MR) is 77.3 cm³/mol. The van der Waals surface area contributed by atoms with Crippen LogP contribution >= 0.6 is 0 Å². The molecule has 1 aliphatic carbocycles. The van der Waals surface area contributed by atoms with E-state index in [-0.39, 0.29) is 11.5 Å². The number of benzene rings is 1. The van der Waals surface area contributed by atoms with Crippen LogP contribution in [-0.2, 0) is 4.74 Å². The van der Waals surface area contributed by atoms with Gasteiger partial charge in [-0.2, -0.15) is 0 Å². The number of aromatic hydroxyl groups is 1. The van der Waals surface area contributed by atoms with E-state index in [2.05, 4.69) is 26.1 Å². The lowest BCUT2D eigenvalue weighted by molar-refractivity contribution is -0.116.